The molecule has 0 bridgehead atoms. The number of nitrogens with zero attached hydrogens (tertiary/aromatic N) is 4. The van der Waals surface area contributed by atoms with Crippen molar-refractivity contribution in [1.82, 2.24) is 23.7 Å². The highest BCUT2D eigenvalue weighted by Gasteiger charge is 2.30. The van der Waals surface area contributed by atoms with Crippen LogP contribution < -0.4 is 10.3 Å². The summed E-state index contributed by atoms with van der Waals surface area (Å²) in [6.45, 7) is 8.08. The van der Waals surface area contributed by atoms with Crippen molar-refractivity contribution >= 4 is 31.5 Å². The molecule has 3 heterocycles. The van der Waals surface area contributed by atoms with Crippen molar-refractivity contribution in [2.24, 2.45) is 0 Å². The highest BCUT2D eigenvalue weighted by atomic mass is 32.3. The standard InChI is InChI=1S/C26H37N5O8S2/c1-4-7-19-18-30(6-3)24-23(19)27-25(28-26(24)32)21-17-20(8-9-22(21)38-15-5-2)40(33,34)31-12-10-29(11-13-31)14-16-39-41(35,36)37/h8-9,17-18H,4-7,10-16H2,1-3H3,(H,27,28,32)(H,35,36,37). The van der Waals surface area contributed by atoms with E-state index in [1.807, 2.05) is 29.5 Å². The lowest BCUT2D eigenvalue weighted by Crippen LogP contribution is -2.49. The Kier molecular flexibility index (Phi) is 9.87. The van der Waals surface area contributed by atoms with Crippen LogP contribution in [0, 0.1) is 0 Å². The van der Waals surface area contributed by atoms with Crippen molar-refractivity contribution in [3.8, 4) is 17.1 Å². The molecule has 2 aromatic heterocycles. The lowest BCUT2D eigenvalue weighted by molar-refractivity contribution is 0.154. The average molecular weight is 612 g/mol. The van der Waals surface area contributed by atoms with Crippen LogP contribution in [0.25, 0.3) is 22.4 Å². The first kappa shape index (κ1) is 31.1. The molecular weight excluding hydrogens is 574 g/mol. The molecule has 0 saturated carbocycles. The fraction of sp³-hybridized carbons (Fsp3) is 0.538. The summed E-state index contributed by atoms with van der Waals surface area (Å²) in [6, 6.07) is 4.57. The van der Waals surface area contributed by atoms with Crippen LogP contribution >= 0.6 is 0 Å². The van der Waals surface area contributed by atoms with Crippen LogP contribution in [0.5, 0.6) is 5.75 Å². The molecule has 0 unspecified atom stereocenters. The zero-order chi connectivity index (χ0) is 29.8. The van der Waals surface area contributed by atoms with E-state index in [-0.39, 0.29) is 42.5 Å². The maximum Gasteiger partial charge on any atom is 0.397 e. The van der Waals surface area contributed by atoms with Gasteiger partial charge >= 0.3 is 10.4 Å². The Bertz CT molecular complexity index is 1640. The second-order valence-electron chi connectivity index (χ2n) is 9.80. The molecule has 0 amide bonds. The molecule has 3 aromatic rings. The number of fused-ring (bicyclic) bond motifs is 1. The number of benzene rings is 1. The first-order valence-electron chi connectivity index (χ1n) is 13.7. The van der Waals surface area contributed by atoms with Gasteiger partial charge in [-0.3, -0.25) is 14.2 Å². The molecular formula is C26H37N5O8S2. The number of aryl methyl sites for hydroxylation is 2. The number of H-pyrrole nitrogens is 1. The van der Waals surface area contributed by atoms with Crippen LogP contribution in [0.3, 0.4) is 0 Å². The summed E-state index contributed by atoms with van der Waals surface area (Å²) < 4.78 is 71.1. The van der Waals surface area contributed by atoms with Gasteiger partial charge < -0.3 is 14.3 Å². The Morgan fingerprint density at radius 3 is 2.39 bits per heavy atom. The molecule has 13 nitrogen and oxygen atoms in total. The van der Waals surface area contributed by atoms with Gasteiger partial charge in [0.15, 0.2) is 0 Å². The van der Waals surface area contributed by atoms with E-state index >= 15 is 0 Å². The van der Waals surface area contributed by atoms with Gasteiger partial charge in [-0.2, -0.15) is 12.7 Å². The number of hydrogen-bond donors (Lipinski definition) is 2. The van der Waals surface area contributed by atoms with E-state index in [9.17, 15) is 21.6 Å². The van der Waals surface area contributed by atoms with E-state index in [0.717, 1.165) is 24.8 Å². The molecule has 0 radical (unpaired) electrons. The molecule has 0 atom stereocenters. The molecule has 226 valence electrons. The fourth-order valence-electron chi connectivity index (χ4n) is 4.91. The van der Waals surface area contributed by atoms with Gasteiger partial charge in [-0.15, -0.1) is 0 Å². The fourth-order valence-corrected chi connectivity index (χ4v) is 6.64. The zero-order valence-corrected chi connectivity index (χ0v) is 25.1. The predicted molar refractivity (Wildman–Crippen MR) is 154 cm³/mol. The number of aromatic nitrogens is 3. The number of ether oxygens (including phenoxy) is 1. The Morgan fingerprint density at radius 1 is 1.02 bits per heavy atom. The van der Waals surface area contributed by atoms with Crippen LogP contribution in [-0.2, 0) is 37.6 Å². The van der Waals surface area contributed by atoms with Crippen LogP contribution in [0.4, 0.5) is 0 Å². The number of piperazine rings is 1. The average Bonchev–Trinajstić information content (AvgIpc) is 3.29. The van der Waals surface area contributed by atoms with Gasteiger partial charge in [0.25, 0.3) is 5.56 Å². The van der Waals surface area contributed by atoms with Gasteiger partial charge in [-0.25, -0.2) is 17.6 Å². The molecule has 41 heavy (non-hydrogen) atoms. The van der Waals surface area contributed by atoms with E-state index in [0.29, 0.717) is 48.6 Å². The molecule has 1 aromatic carbocycles. The minimum atomic E-state index is -4.52. The predicted octanol–water partition coefficient (Wildman–Crippen LogP) is 2.28. The molecule has 1 saturated heterocycles. The minimum absolute atomic E-state index is 0.0437. The molecule has 2 N–H and O–H groups in total. The SMILES string of the molecule is CCCOc1ccc(S(=O)(=O)N2CCN(CCOS(=O)(=O)O)CC2)cc1-c1nc2c(CCC)cn(CC)c2c(=O)[nH]1. The van der Waals surface area contributed by atoms with Crippen LogP contribution in [-0.4, -0.2) is 91.1 Å². The van der Waals surface area contributed by atoms with Crippen molar-refractivity contribution < 1.29 is 30.3 Å². The third kappa shape index (κ3) is 7.16. The molecule has 1 aliphatic rings. The van der Waals surface area contributed by atoms with Crippen molar-refractivity contribution in [3.63, 3.8) is 0 Å². The van der Waals surface area contributed by atoms with Crippen molar-refractivity contribution in [2.45, 2.75) is 51.5 Å². The van der Waals surface area contributed by atoms with Crippen LogP contribution in [0.15, 0.2) is 34.1 Å². The van der Waals surface area contributed by atoms with Gasteiger partial charge in [0.1, 0.15) is 17.1 Å². The molecule has 0 aliphatic carbocycles. The largest absolute Gasteiger partial charge is 0.493 e. The second-order valence-corrected chi connectivity index (χ2v) is 12.8. The van der Waals surface area contributed by atoms with Gasteiger partial charge in [-0.05, 0) is 43.5 Å². The molecule has 1 fully saturated rings. The normalized spacial score (nSPS) is 15.5. The van der Waals surface area contributed by atoms with Gasteiger partial charge in [0.05, 0.1) is 29.2 Å². The highest BCUT2D eigenvalue weighted by molar-refractivity contribution is 7.89. The summed E-state index contributed by atoms with van der Waals surface area (Å²) in [6.07, 6.45) is 4.32. The van der Waals surface area contributed by atoms with Crippen LogP contribution in [0.2, 0.25) is 0 Å². The van der Waals surface area contributed by atoms with Crippen molar-refractivity contribution in [2.75, 3.05) is 45.9 Å². The molecule has 1 aliphatic heterocycles. The van der Waals surface area contributed by atoms with Crippen LogP contribution in [0.1, 0.15) is 39.2 Å². The Hall–Kier alpha value is -2.82. The van der Waals surface area contributed by atoms with Crippen molar-refractivity contribution in [1.29, 1.82) is 0 Å². The minimum Gasteiger partial charge on any atom is -0.493 e. The molecule has 15 heteroatoms. The number of sulfonamides is 1. The van der Waals surface area contributed by atoms with Crippen molar-refractivity contribution in [3.05, 3.63) is 40.3 Å². The Morgan fingerprint density at radius 2 is 1.76 bits per heavy atom. The topological polar surface area (TPSA) is 164 Å². The maximum absolute atomic E-state index is 13.6. The maximum atomic E-state index is 13.6. The highest BCUT2D eigenvalue weighted by Crippen LogP contribution is 2.33. The van der Waals surface area contributed by atoms with E-state index in [1.165, 1.54) is 16.4 Å². The number of rotatable bonds is 13. The monoisotopic (exact) mass is 611 g/mol. The van der Waals surface area contributed by atoms with E-state index < -0.39 is 20.4 Å². The summed E-state index contributed by atoms with van der Waals surface area (Å²) >= 11 is 0. The first-order valence-corrected chi connectivity index (χ1v) is 16.5. The van der Waals surface area contributed by atoms with E-state index in [2.05, 4.69) is 16.1 Å². The number of nitrogens with one attached hydrogen (secondary N) is 1. The number of hydrogen-bond acceptors (Lipinski definition) is 9. The van der Waals surface area contributed by atoms with Gasteiger partial charge in [-0.1, -0.05) is 20.3 Å². The zero-order valence-electron chi connectivity index (χ0n) is 23.5. The second kappa shape index (κ2) is 13.0. The summed E-state index contributed by atoms with van der Waals surface area (Å²) in [7, 11) is -8.43. The summed E-state index contributed by atoms with van der Waals surface area (Å²) in [4.78, 5) is 22.8. The third-order valence-electron chi connectivity index (χ3n) is 6.93. The van der Waals surface area contributed by atoms with Gasteiger partial charge in [0.2, 0.25) is 10.0 Å². The Balaban J connectivity index is 1.66. The van der Waals surface area contributed by atoms with E-state index in [1.54, 1.807) is 6.07 Å². The third-order valence-corrected chi connectivity index (χ3v) is 9.29. The number of aromatic amines is 1. The lowest BCUT2D eigenvalue weighted by Gasteiger charge is -2.33. The molecule has 4 rings (SSSR count). The molecule has 0 spiro atoms. The summed E-state index contributed by atoms with van der Waals surface area (Å²) in [5.74, 6) is 0.657. The Labute approximate surface area is 240 Å². The van der Waals surface area contributed by atoms with Gasteiger partial charge in [0, 0.05) is 45.5 Å². The first-order chi connectivity index (χ1) is 19.5. The summed E-state index contributed by atoms with van der Waals surface area (Å²) in [5, 5.41) is 0. The van der Waals surface area contributed by atoms with E-state index in [4.69, 9.17) is 14.3 Å². The lowest BCUT2D eigenvalue weighted by atomic mass is 10.1. The quantitative estimate of drug-likeness (QED) is 0.274. The summed E-state index contributed by atoms with van der Waals surface area (Å²) in [5.41, 5.74) is 2.11. The smallest absolute Gasteiger partial charge is 0.397 e.